The SMILES string of the molecule is CCCOCCOc1cccc(CC(C)N)c1. The van der Waals surface area contributed by atoms with E-state index in [0.29, 0.717) is 13.2 Å². The van der Waals surface area contributed by atoms with Crippen molar-refractivity contribution in [1.29, 1.82) is 0 Å². The normalized spacial score (nSPS) is 12.4. The fourth-order valence-corrected chi connectivity index (χ4v) is 1.60. The summed E-state index contributed by atoms with van der Waals surface area (Å²) < 4.78 is 11.0. The van der Waals surface area contributed by atoms with Gasteiger partial charge in [0.05, 0.1) is 6.61 Å². The summed E-state index contributed by atoms with van der Waals surface area (Å²) in [6.07, 6.45) is 1.92. The zero-order chi connectivity index (χ0) is 12.5. The van der Waals surface area contributed by atoms with Gasteiger partial charge in [-0.05, 0) is 37.5 Å². The first-order chi connectivity index (χ1) is 8.22. The van der Waals surface area contributed by atoms with Gasteiger partial charge in [-0.25, -0.2) is 0 Å². The van der Waals surface area contributed by atoms with Crippen molar-refractivity contribution >= 4 is 0 Å². The van der Waals surface area contributed by atoms with Crippen molar-refractivity contribution in [3.05, 3.63) is 29.8 Å². The second-order valence-corrected chi connectivity index (χ2v) is 4.29. The van der Waals surface area contributed by atoms with Crippen molar-refractivity contribution in [2.24, 2.45) is 5.73 Å². The Labute approximate surface area is 104 Å². The molecule has 2 N–H and O–H groups in total. The van der Waals surface area contributed by atoms with Crippen LogP contribution in [0.4, 0.5) is 0 Å². The molecule has 0 aliphatic carbocycles. The molecule has 1 unspecified atom stereocenters. The zero-order valence-electron chi connectivity index (χ0n) is 10.8. The van der Waals surface area contributed by atoms with Crippen LogP contribution in [0.1, 0.15) is 25.8 Å². The van der Waals surface area contributed by atoms with E-state index in [4.69, 9.17) is 15.2 Å². The van der Waals surface area contributed by atoms with Gasteiger partial charge in [0, 0.05) is 12.6 Å². The van der Waals surface area contributed by atoms with Gasteiger partial charge in [-0.1, -0.05) is 19.1 Å². The summed E-state index contributed by atoms with van der Waals surface area (Å²) >= 11 is 0. The van der Waals surface area contributed by atoms with E-state index >= 15 is 0 Å². The van der Waals surface area contributed by atoms with E-state index in [1.54, 1.807) is 0 Å². The second-order valence-electron chi connectivity index (χ2n) is 4.29. The van der Waals surface area contributed by atoms with Gasteiger partial charge < -0.3 is 15.2 Å². The molecule has 0 aromatic heterocycles. The molecule has 3 nitrogen and oxygen atoms in total. The third kappa shape index (κ3) is 6.29. The standard InChI is InChI=1S/C14H23NO2/c1-3-7-16-8-9-17-14-6-4-5-13(11-14)10-12(2)15/h4-6,11-12H,3,7-10,15H2,1-2H3. The molecule has 0 radical (unpaired) electrons. The van der Waals surface area contributed by atoms with Crippen LogP contribution >= 0.6 is 0 Å². The molecule has 0 heterocycles. The van der Waals surface area contributed by atoms with Crippen molar-refractivity contribution in [3.8, 4) is 5.75 Å². The number of rotatable bonds is 8. The minimum absolute atomic E-state index is 0.179. The van der Waals surface area contributed by atoms with Crippen LogP contribution in [0.15, 0.2) is 24.3 Å². The first-order valence-corrected chi connectivity index (χ1v) is 6.27. The first-order valence-electron chi connectivity index (χ1n) is 6.27. The van der Waals surface area contributed by atoms with E-state index in [-0.39, 0.29) is 6.04 Å². The number of hydrogen-bond donors (Lipinski definition) is 1. The van der Waals surface area contributed by atoms with Crippen LogP contribution in [0, 0.1) is 0 Å². The largest absolute Gasteiger partial charge is 0.491 e. The highest BCUT2D eigenvalue weighted by molar-refractivity contribution is 5.28. The van der Waals surface area contributed by atoms with Crippen LogP contribution in [-0.2, 0) is 11.2 Å². The second kappa shape index (κ2) is 8.09. The Bertz CT molecular complexity index is 313. The summed E-state index contributed by atoms with van der Waals surface area (Å²) in [6, 6.07) is 8.26. The fourth-order valence-electron chi connectivity index (χ4n) is 1.60. The molecule has 0 fully saturated rings. The van der Waals surface area contributed by atoms with Crippen LogP contribution in [0.5, 0.6) is 5.75 Å². The lowest BCUT2D eigenvalue weighted by Crippen LogP contribution is -2.17. The summed E-state index contributed by atoms with van der Waals surface area (Å²) in [5.41, 5.74) is 6.98. The molecule has 17 heavy (non-hydrogen) atoms. The van der Waals surface area contributed by atoms with Gasteiger partial charge in [-0.3, -0.25) is 0 Å². The van der Waals surface area contributed by atoms with Crippen molar-refractivity contribution < 1.29 is 9.47 Å². The summed E-state index contributed by atoms with van der Waals surface area (Å²) in [6.45, 7) is 6.14. The van der Waals surface area contributed by atoms with E-state index in [2.05, 4.69) is 13.0 Å². The third-order valence-electron chi connectivity index (χ3n) is 2.30. The molecule has 0 saturated heterocycles. The van der Waals surface area contributed by atoms with Crippen LogP contribution in [0.25, 0.3) is 0 Å². The molecule has 1 rings (SSSR count). The monoisotopic (exact) mass is 237 g/mol. The molecule has 0 aliphatic rings. The first kappa shape index (κ1) is 14.0. The van der Waals surface area contributed by atoms with Crippen molar-refractivity contribution in [1.82, 2.24) is 0 Å². The highest BCUT2D eigenvalue weighted by atomic mass is 16.5. The summed E-state index contributed by atoms with van der Waals surface area (Å²) in [5.74, 6) is 0.892. The van der Waals surface area contributed by atoms with Crippen LogP contribution < -0.4 is 10.5 Å². The lowest BCUT2D eigenvalue weighted by Gasteiger charge is -2.09. The lowest BCUT2D eigenvalue weighted by molar-refractivity contribution is 0.101. The number of ether oxygens (including phenoxy) is 2. The number of nitrogens with two attached hydrogens (primary N) is 1. The van der Waals surface area contributed by atoms with Gasteiger partial charge in [-0.2, -0.15) is 0 Å². The summed E-state index contributed by atoms with van der Waals surface area (Å²) in [5, 5.41) is 0. The predicted octanol–water partition coefficient (Wildman–Crippen LogP) is 2.38. The van der Waals surface area contributed by atoms with E-state index in [1.165, 1.54) is 5.56 Å². The van der Waals surface area contributed by atoms with Crippen molar-refractivity contribution in [3.63, 3.8) is 0 Å². The van der Waals surface area contributed by atoms with Gasteiger partial charge in [0.15, 0.2) is 0 Å². The van der Waals surface area contributed by atoms with Gasteiger partial charge in [0.25, 0.3) is 0 Å². The molecule has 0 spiro atoms. The molecular formula is C14H23NO2. The average Bonchev–Trinajstić information content (AvgIpc) is 2.28. The Hall–Kier alpha value is -1.06. The van der Waals surface area contributed by atoms with E-state index in [1.807, 2.05) is 25.1 Å². The van der Waals surface area contributed by atoms with Gasteiger partial charge in [-0.15, -0.1) is 0 Å². The van der Waals surface area contributed by atoms with Crippen molar-refractivity contribution in [2.75, 3.05) is 19.8 Å². The Morgan fingerprint density at radius 1 is 1.24 bits per heavy atom. The lowest BCUT2D eigenvalue weighted by atomic mass is 10.1. The highest BCUT2D eigenvalue weighted by Crippen LogP contribution is 2.14. The maximum atomic E-state index is 5.77. The quantitative estimate of drug-likeness (QED) is 0.706. The molecule has 1 aromatic carbocycles. The summed E-state index contributed by atoms with van der Waals surface area (Å²) in [7, 11) is 0. The van der Waals surface area contributed by atoms with E-state index < -0.39 is 0 Å². The molecule has 0 saturated carbocycles. The molecule has 96 valence electrons. The van der Waals surface area contributed by atoms with Gasteiger partial charge >= 0.3 is 0 Å². The van der Waals surface area contributed by atoms with Crippen LogP contribution in [0.2, 0.25) is 0 Å². The summed E-state index contributed by atoms with van der Waals surface area (Å²) in [4.78, 5) is 0. The molecule has 1 atom stereocenters. The van der Waals surface area contributed by atoms with E-state index in [0.717, 1.165) is 25.2 Å². The molecule has 0 bridgehead atoms. The van der Waals surface area contributed by atoms with Crippen molar-refractivity contribution in [2.45, 2.75) is 32.7 Å². The number of hydrogen-bond acceptors (Lipinski definition) is 3. The number of benzene rings is 1. The molecule has 1 aromatic rings. The fraction of sp³-hybridized carbons (Fsp3) is 0.571. The average molecular weight is 237 g/mol. The Morgan fingerprint density at radius 3 is 2.76 bits per heavy atom. The minimum Gasteiger partial charge on any atom is -0.491 e. The molecule has 0 aliphatic heterocycles. The molecule has 3 heteroatoms. The Morgan fingerprint density at radius 2 is 2.06 bits per heavy atom. The maximum absolute atomic E-state index is 5.77. The van der Waals surface area contributed by atoms with Crippen LogP contribution in [-0.4, -0.2) is 25.9 Å². The molecule has 0 amide bonds. The van der Waals surface area contributed by atoms with Gasteiger partial charge in [0.1, 0.15) is 12.4 Å². The zero-order valence-corrected chi connectivity index (χ0v) is 10.8. The predicted molar refractivity (Wildman–Crippen MR) is 70.4 cm³/mol. The highest BCUT2D eigenvalue weighted by Gasteiger charge is 2.00. The minimum atomic E-state index is 0.179. The maximum Gasteiger partial charge on any atom is 0.119 e. The Balaban J connectivity index is 2.32. The van der Waals surface area contributed by atoms with E-state index in [9.17, 15) is 0 Å². The third-order valence-corrected chi connectivity index (χ3v) is 2.30. The smallest absolute Gasteiger partial charge is 0.119 e. The molecular weight excluding hydrogens is 214 g/mol. The van der Waals surface area contributed by atoms with Gasteiger partial charge in [0.2, 0.25) is 0 Å². The Kier molecular flexibility index (Phi) is 6.67. The topological polar surface area (TPSA) is 44.5 Å². The van der Waals surface area contributed by atoms with Crippen LogP contribution in [0.3, 0.4) is 0 Å².